The average Bonchev–Trinajstić information content (AvgIpc) is 3.28. The predicted molar refractivity (Wildman–Crippen MR) is 270 cm³/mol. The molecule has 6 heteroatoms. The third kappa shape index (κ3) is 49.2. The first kappa shape index (κ1) is 59.3. The zero-order valence-corrected chi connectivity index (χ0v) is 40.8. The van der Waals surface area contributed by atoms with Crippen LogP contribution in [0.2, 0.25) is 0 Å². The molecule has 0 saturated heterocycles. The molecule has 0 heterocycles. The first-order valence-corrected chi connectivity index (χ1v) is 25.8. The third-order valence-corrected chi connectivity index (χ3v) is 10.7. The molecule has 1 atom stereocenters. The van der Waals surface area contributed by atoms with Crippen molar-refractivity contribution in [2.75, 3.05) is 13.2 Å². The van der Waals surface area contributed by atoms with Gasteiger partial charge < -0.3 is 14.2 Å². The Bertz CT molecular complexity index is 1280. The number of rotatable bonds is 45. The lowest BCUT2D eigenvalue weighted by Gasteiger charge is -2.18. The van der Waals surface area contributed by atoms with E-state index >= 15 is 0 Å². The second-order valence-corrected chi connectivity index (χ2v) is 16.8. The second kappa shape index (κ2) is 51.0. The summed E-state index contributed by atoms with van der Waals surface area (Å²) < 4.78 is 16.7. The molecule has 0 spiro atoms. The molecule has 1 unspecified atom stereocenters. The molecule has 0 aliphatic carbocycles. The molecule has 0 bridgehead atoms. The monoisotopic (exact) mass is 875 g/mol. The number of carbonyl (C=O) groups excluding carboxylic acids is 3. The van der Waals surface area contributed by atoms with Gasteiger partial charge in [-0.05, 0) is 96.3 Å². The molecular weight excluding hydrogens is 781 g/mol. The highest BCUT2D eigenvalue weighted by molar-refractivity contribution is 5.71. The topological polar surface area (TPSA) is 78.9 Å². The van der Waals surface area contributed by atoms with Crippen LogP contribution in [0.15, 0.2) is 97.2 Å². The molecule has 0 aromatic carbocycles. The highest BCUT2D eigenvalue weighted by Crippen LogP contribution is 2.13. The van der Waals surface area contributed by atoms with Crippen molar-refractivity contribution >= 4 is 17.9 Å². The summed E-state index contributed by atoms with van der Waals surface area (Å²) in [7, 11) is 0. The van der Waals surface area contributed by atoms with Gasteiger partial charge in [0.1, 0.15) is 13.2 Å². The number of carbonyl (C=O) groups is 3. The molecule has 6 nitrogen and oxygen atoms in total. The highest BCUT2D eigenvalue weighted by atomic mass is 16.6. The molecule has 0 N–H and O–H groups in total. The summed E-state index contributed by atoms with van der Waals surface area (Å²) in [5, 5.41) is 0. The van der Waals surface area contributed by atoms with E-state index in [2.05, 4.69) is 81.5 Å². The van der Waals surface area contributed by atoms with E-state index in [4.69, 9.17) is 14.2 Å². The highest BCUT2D eigenvalue weighted by Gasteiger charge is 2.19. The maximum absolute atomic E-state index is 12.8. The zero-order chi connectivity index (χ0) is 45.8. The normalized spacial score (nSPS) is 12.9. The van der Waals surface area contributed by atoms with E-state index in [9.17, 15) is 14.4 Å². The summed E-state index contributed by atoms with van der Waals surface area (Å²) in [4.78, 5) is 38.0. The van der Waals surface area contributed by atoms with Crippen LogP contribution in [0.5, 0.6) is 0 Å². The molecule has 0 aliphatic heterocycles. The van der Waals surface area contributed by atoms with Crippen molar-refractivity contribution in [2.45, 2.75) is 232 Å². The standard InChI is InChI=1S/C57H94O6/c1-4-7-10-13-16-19-22-25-27-28-30-32-35-38-41-44-47-50-56(59)62-53-54(52-61-55(58)49-46-43-40-37-34-31-24-21-18-15-12-9-6-3)63-57(60)51-48-45-42-39-36-33-29-26-23-20-17-14-11-8-5-2/h9,12,15-21,23-27,31,34,54H,4-8,10-11,13-14,22,28-30,32-33,35-53H2,1-3H3/b12-9+,18-15+,19-16+,20-17+,24-21+,26-23+,27-25+,34-31+. The van der Waals surface area contributed by atoms with E-state index in [0.717, 1.165) is 96.3 Å². The van der Waals surface area contributed by atoms with Crippen molar-refractivity contribution in [3.8, 4) is 0 Å². The van der Waals surface area contributed by atoms with Gasteiger partial charge in [0.05, 0.1) is 0 Å². The van der Waals surface area contributed by atoms with Crippen molar-refractivity contribution in [1.29, 1.82) is 0 Å². The minimum atomic E-state index is -0.804. The van der Waals surface area contributed by atoms with Gasteiger partial charge in [0, 0.05) is 19.3 Å². The number of hydrogen-bond acceptors (Lipinski definition) is 6. The lowest BCUT2D eigenvalue weighted by Crippen LogP contribution is -2.30. The number of hydrogen-bond donors (Lipinski definition) is 0. The summed E-state index contributed by atoms with van der Waals surface area (Å²) in [5.74, 6) is -0.963. The van der Waals surface area contributed by atoms with Crippen molar-refractivity contribution in [2.24, 2.45) is 0 Å². The van der Waals surface area contributed by atoms with E-state index in [1.165, 1.54) is 89.9 Å². The molecule has 0 rings (SSSR count). The van der Waals surface area contributed by atoms with Crippen LogP contribution in [0.4, 0.5) is 0 Å². The number of unbranched alkanes of at least 4 members (excludes halogenated alkanes) is 22. The molecule has 0 aromatic rings. The zero-order valence-electron chi connectivity index (χ0n) is 40.8. The largest absolute Gasteiger partial charge is 0.462 e. The molecule has 0 fully saturated rings. The van der Waals surface area contributed by atoms with Crippen LogP contribution in [-0.2, 0) is 28.6 Å². The van der Waals surface area contributed by atoms with Crippen molar-refractivity contribution in [3.05, 3.63) is 97.2 Å². The van der Waals surface area contributed by atoms with Crippen LogP contribution in [-0.4, -0.2) is 37.2 Å². The van der Waals surface area contributed by atoms with Gasteiger partial charge in [-0.15, -0.1) is 0 Å². The molecule has 0 amide bonds. The Morgan fingerprint density at radius 2 is 0.683 bits per heavy atom. The Kier molecular flexibility index (Phi) is 48.0. The fraction of sp³-hybridized carbons (Fsp3) is 0.667. The molecule has 0 radical (unpaired) electrons. The SMILES string of the molecule is CC/C=C/C=C/C=C/C=C/CCCCCC(=O)OCC(COC(=O)CCCCCCCCC/C=C/C/C=C/CCCCC)OC(=O)CCCCCCCC/C=C/C=C/CCCCC. The maximum Gasteiger partial charge on any atom is 0.306 e. The third-order valence-electron chi connectivity index (χ3n) is 10.7. The fourth-order valence-electron chi connectivity index (χ4n) is 6.77. The summed E-state index contributed by atoms with van der Waals surface area (Å²) in [5.41, 5.74) is 0. The summed E-state index contributed by atoms with van der Waals surface area (Å²) in [6.07, 6.45) is 66.7. The first-order valence-electron chi connectivity index (χ1n) is 25.8. The lowest BCUT2D eigenvalue weighted by molar-refractivity contribution is -0.167. The summed E-state index contributed by atoms with van der Waals surface area (Å²) in [6.45, 7) is 6.38. The molecule has 0 saturated carbocycles. The minimum absolute atomic E-state index is 0.101. The summed E-state index contributed by atoms with van der Waals surface area (Å²) >= 11 is 0. The molecule has 0 aliphatic rings. The Balaban J connectivity index is 4.47. The molecule has 358 valence electrons. The smallest absolute Gasteiger partial charge is 0.306 e. The van der Waals surface area contributed by atoms with E-state index in [1.807, 2.05) is 36.5 Å². The van der Waals surface area contributed by atoms with Crippen molar-refractivity contribution in [3.63, 3.8) is 0 Å². The Labute approximate surface area is 387 Å². The van der Waals surface area contributed by atoms with Gasteiger partial charge in [-0.25, -0.2) is 0 Å². The average molecular weight is 875 g/mol. The maximum atomic E-state index is 12.8. The van der Waals surface area contributed by atoms with Gasteiger partial charge >= 0.3 is 17.9 Å². The van der Waals surface area contributed by atoms with E-state index in [-0.39, 0.29) is 31.1 Å². The van der Waals surface area contributed by atoms with E-state index < -0.39 is 6.10 Å². The van der Waals surface area contributed by atoms with Crippen molar-refractivity contribution < 1.29 is 28.6 Å². The predicted octanol–water partition coefficient (Wildman–Crippen LogP) is 17.0. The lowest BCUT2D eigenvalue weighted by atomic mass is 10.1. The number of ether oxygens (including phenoxy) is 3. The van der Waals surface area contributed by atoms with Gasteiger partial charge in [0.15, 0.2) is 6.10 Å². The van der Waals surface area contributed by atoms with Crippen molar-refractivity contribution in [1.82, 2.24) is 0 Å². The Morgan fingerprint density at radius 3 is 1.13 bits per heavy atom. The Hall–Kier alpha value is -3.67. The first-order chi connectivity index (χ1) is 31.0. The van der Waals surface area contributed by atoms with Crippen LogP contribution < -0.4 is 0 Å². The van der Waals surface area contributed by atoms with Gasteiger partial charge in [0.25, 0.3) is 0 Å². The van der Waals surface area contributed by atoms with Crippen LogP contribution in [0.3, 0.4) is 0 Å². The van der Waals surface area contributed by atoms with Gasteiger partial charge in [-0.1, -0.05) is 208 Å². The van der Waals surface area contributed by atoms with E-state index in [0.29, 0.717) is 19.3 Å². The minimum Gasteiger partial charge on any atom is -0.462 e. The van der Waals surface area contributed by atoms with Crippen LogP contribution >= 0.6 is 0 Å². The van der Waals surface area contributed by atoms with Crippen LogP contribution in [0.1, 0.15) is 226 Å². The molecular formula is C57H94O6. The van der Waals surface area contributed by atoms with E-state index in [1.54, 1.807) is 0 Å². The van der Waals surface area contributed by atoms with Crippen LogP contribution in [0, 0.1) is 0 Å². The quantitative estimate of drug-likeness (QED) is 0.0199. The summed E-state index contributed by atoms with van der Waals surface area (Å²) in [6, 6.07) is 0. The number of esters is 3. The molecule has 0 aromatic heterocycles. The van der Waals surface area contributed by atoms with Crippen LogP contribution in [0.25, 0.3) is 0 Å². The fourth-order valence-corrected chi connectivity index (χ4v) is 6.77. The Morgan fingerprint density at radius 1 is 0.349 bits per heavy atom. The number of allylic oxidation sites excluding steroid dienone is 16. The van der Waals surface area contributed by atoms with Gasteiger partial charge in [-0.2, -0.15) is 0 Å². The van der Waals surface area contributed by atoms with Gasteiger partial charge in [-0.3, -0.25) is 14.4 Å². The van der Waals surface area contributed by atoms with Gasteiger partial charge in [0.2, 0.25) is 0 Å². The molecule has 63 heavy (non-hydrogen) atoms. The second-order valence-electron chi connectivity index (χ2n) is 16.8.